The van der Waals surface area contributed by atoms with Gasteiger partial charge in [-0.15, -0.1) is 0 Å². The molecule has 8 aromatic rings. The van der Waals surface area contributed by atoms with Gasteiger partial charge in [0.15, 0.2) is 0 Å². The Bertz CT molecular complexity index is 2220. The van der Waals surface area contributed by atoms with Crippen LogP contribution in [0.25, 0.3) is 72.0 Å². The summed E-state index contributed by atoms with van der Waals surface area (Å²) in [5, 5.41) is 2.49. The number of fused-ring (bicyclic) bond motifs is 3. The molecule has 0 unspecified atom stereocenters. The Balaban J connectivity index is 1.46. The van der Waals surface area contributed by atoms with Crippen molar-refractivity contribution in [3.8, 4) is 50.2 Å². The Kier molecular flexibility index (Phi) is 6.70. The van der Waals surface area contributed by atoms with Gasteiger partial charge >= 0.3 is 0 Å². The van der Waals surface area contributed by atoms with Gasteiger partial charge in [0, 0.05) is 26.4 Å². The lowest BCUT2D eigenvalue weighted by atomic mass is 9.93. The fourth-order valence-electron chi connectivity index (χ4n) is 6.51. The average Bonchev–Trinajstić information content (AvgIpc) is 3.42. The summed E-state index contributed by atoms with van der Waals surface area (Å²) in [7, 11) is 0. The second kappa shape index (κ2) is 11.1. The highest BCUT2D eigenvalue weighted by molar-refractivity contribution is 9.10. The second-order valence-electron chi connectivity index (χ2n) is 11.1. The van der Waals surface area contributed by atoms with Gasteiger partial charge in [0.1, 0.15) is 0 Å². The van der Waals surface area contributed by atoms with Crippen LogP contribution in [-0.2, 0) is 0 Å². The summed E-state index contributed by atoms with van der Waals surface area (Å²) in [5.74, 6) is 0. The van der Waals surface area contributed by atoms with Crippen LogP contribution in [-0.4, -0.2) is 4.57 Å². The third kappa shape index (κ3) is 4.56. The largest absolute Gasteiger partial charge is 0.308 e. The molecule has 0 fully saturated rings. The van der Waals surface area contributed by atoms with Crippen molar-refractivity contribution in [2.45, 2.75) is 0 Å². The average molecular weight is 627 g/mol. The maximum atomic E-state index is 3.68. The molecule has 0 spiro atoms. The molecule has 0 bridgehead atoms. The first-order valence-electron chi connectivity index (χ1n) is 14.9. The first kappa shape index (κ1) is 26.4. The van der Waals surface area contributed by atoms with Crippen LogP contribution >= 0.6 is 15.9 Å². The molecule has 0 N–H and O–H groups in total. The number of hydrogen-bond acceptors (Lipinski definition) is 0. The first-order valence-corrected chi connectivity index (χ1v) is 15.7. The van der Waals surface area contributed by atoms with Crippen molar-refractivity contribution in [1.82, 2.24) is 4.57 Å². The van der Waals surface area contributed by atoms with E-state index >= 15 is 0 Å². The van der Waals surface area contributed by atoms with Crippen LogP contribution < -0.4 is 0 Å². The summed E-state index contributed by atoms with van der Waals surface area (Å²) in [5.41, 5.74) is 13.2. The van der Waals surface area contributed by atoms with E-state index in [4.69, 9.17) is 0 Å². The molecule has 0 aliphatic rings. The highest BCUT2D eigenvalue weighted by Crippen LogP contribution is 2.43. The summed E-state index contributed by atoms with van der Waals surface area (Å²) in [6, 6.07) is 61.2. The first-order chi connectivity index (χ1) is 21.8. The van der Waals surface area contributed by atoms with Crippen LogP contribution in [0.4, 0.5) is 0 Å². The minimum atomic E-state index is 1.08. The molecule has 1 heterocycles. The van der Waals surface area contributed by atoms with Gasteiger partial charge in [-0.25, -0.2) is 0 Å². The van der Waals surface area contributed by atoms with E-state index in [0.29, 0.717) is 0 Å². The van der Waals surface area contributed by atoms with Crippen LogP contribution in [0.3, 0.4) is 0 Å². The van der Waals surface area contributed by atoms with Crippen LogP contribution in [0, 0.1) is 0 Å². The van der Waals surface area contributed by atoms with Gasteiger partial charge in [-0.3, -0.25) is 0 Å². The van der Waals surface area contributed by atoms with Crippen molar-refractivity contribution >= 4 is 37.7 Å². The molecule has 208 valence electrons. The minimum Gasteiger partial charge on any atom is -0.308 e. The Hall–Kier alpha value is -5.18. The molecule has 0 saturated carbocycles. The third-order valence-electron chi connectivity index (χ3n) is 8.48. The Morgan fingerprint density at radius 3 is 1.50 bits per heavy atom. The molecule has 7 aromatic carbocycles. The molecule has 0 aliphatic heterocycles. The highest BCUT2D eigenvalue weighted by Gasteiger charge is 2.20. The fraction of sp³-hybridized carbons (Fsp3) is 0. The molecular weight excluding hydrogens is 598 g/mol. The topological polar surface area (TPSA) is 4.93 Å². The van der Waals surface area contributed by atoms with Gasteiger partial charge < -0.3 is 4.57 Å². The molecule has 0 amide bonds. The van der Waals surface area contributed by atoms with Crippen LogP contribution in [0.15, 0.2) is 174 Å². The molecule has 0 aliphatic carbocycles. The van der Waals surface area contributed by atoms with Crippen molar-refractivity contribution in [2.24, 2.45) is 0 Å². The number of nitrogens with zero attached hydrogens (tertiary/aromatic N) is 1. The van der Waals surface area contributed by atoms with E-state index in [1.807, 2.05) is 0 Å². The SMILES string of the molecule is Brc1cccc(-c2ccccc2-c2ccc3c4ccccc4n(-c4c(-c5ccccc5)cccc4-c4ccccc4)c3c2)c1. The zero-order chi connectivity index (χ0) is 29.5. The van der Waals surface area contributed by atoms with Crippen LogP contribution in [0.1, 0.15) is 0 Å². The molecule has 0 atom stereocenters. The zero-order valence-electron chi connectivity index (χ0n) is 24.0. The lowest BCUT2D eigenvalue weighted by molar-refractivity contribution is 1.18. The maximum absolute atomic E-state index is 3.68. The van der Waals surface area contributed by atoms with E-state index in [0.717, 1.165) is 4.47 Å². The summed E-state index contributed by atoms with van der Waals surface area (Å²) < 4.78 is 3.56. The minimum absolute atomic E-state index is 1.08. The van der Waals surface area contributed by atoms with Gasteiger partial charge in [0.25, 0.3) is 0 Å². The Labute approximate surface area is 265 Å². The van der Waals surface area contributed by atoms with Crippen molar-refractivity contribution in [3.05, 3.63) is 174 Å². The number of para-hydroxylation sites is 2. The molecule has 1 nitrogen and oxygen atoms in total. The van der Waals surface area contributed by atoms with Gasteiger partial charge in [0.2, 0.25) is 0 Å². The van der Waals surface area contributed by atoms with Crippen molar-refractivity contribution < 1.29 is 0 Å². The van der Waals surface area contributed by atoms with Gasteiger partial charge in [0.05, 0.1) is 16.7 Å². The lowest BCUT2D eigenvalue weighted by Gasteiger charge is -2.19. The van der Waals surface area contributed by atoms with Crippen LogP contribution in [0.5, 0.6) is 0 Å². The highest BCUT2D eigenvalue weighted by atomic mass is 79.9. The van der Waals surface area contributed by atoms with Gasteiger partial charge in [-0.2, -0.15) is 0 Å². The number of halogens is 1. The van der Waals surface area contributed by atoms with Crippen molar-refractivity contribution in [1.29, 1.82) is 0 Å². The molecular formula is C42H28BrN. The maximum Gasteiger partial charge on any atom is 0.0618 e. The van der Waals surface area contributed by atoms with E-state index in [2.05, 4.69) is 190 Å². The second-order valence-corrected chi connectivity index (χ2v) is 12.0. The van der Waals surface area contributed by atoms with Gasteiger partial charge in [-0.1, -0.05) is 162 Å². The van der Waals surface area contributed by atoms with Crippen molar-refractivity contribution in [3.63, 3.8) is 0 Å². The standard InChI is InChI=1S/C42H28BrN/c43-33-18-11-17-31(27-33)34-19-7-8-20-35(34)32-25-26-39-38-21-9-10-24-40(38)44(41(39)28-32)42-36(29-13-3-1-4-14-29)22-12-23-37(42)30-15-5-2-6-16-30/h1-28H. The fourth-order valence-corrected chi connectivity index (χ4v) is 6.91. The zero-order valence-corrected chi connectivity index (χ0v) is 25.6. The monoisotopic (exact) mass is 625 g/mol. The van der Waals surface area contributed by atoms with Gasteiger partial charge in [-0.05, 0) is 57.6 Å². The predicted molar refractivity (Wildman–Crippen MR) is 190 cm³/mol. The van der Waals surface area contributed by atoms with E-state index in [1.165, 1.54) is 72.0 Å². The summed E-state index contributed by atoms with van der Waals surface area (Å²) >= 11 is 3.68. The molecule has 2 heteroatoms. The van der Waals surface area contributed by atoms with E-state index in [9.17, 15) is 0 Å². The normalized spacial score (nSPS) is 11.3. The smallest absolute Gasteiger partial charge is 0.0618 e. The van der Waals surface area contributed by atoms with E-state index in [-0.39, 0.29) is 0 Å². The number of rotatable bonds is 5. The molecule has 8 rings (SSSR count). The number of benzene rings is 7. The quantitative estimate of drug-likeness (QED) is 0.179. The molecule has 1 aromatic heterocycles. The lowest BCUT2D eigenvalue weighted by Crippen LogP contribution is -2.00. The molecule has 0 saturated heterocycles. The Morgan fingerprint density at radius 2 is 0.841 bits per heavy atom. The van der Waals surface area contributed by atoms with E-state index < -0.39 is 0 Å². The molecule has 0 radical (unpaired) electrons. The summed E-state index contributed by atoms with van der Waals surface area (Å²) in [6.07, 6.45) is 0. The third-order valence-corrected chi connectivity index (χ3v) is 8.97. The number of hydrogen-bond donors (Lipinski definition) is 0. The Morgan fingerprint density at radius 1 is 0.341 bits per heavy atom. The number of aromatic nitrogens is 1. The summed E-state index contributed by atoms with van der Waals surface area (Å²) in [4.78, 5) is 0. The predicted octanol–water partition coefficient (Wildman–Crippen LogP) is 12.2. The van der Waals surface area contributed by atoms with Crippen molar-refractivity contribution in [2.75, 3.05) is 0 Å². The van der Waals surface area contributed by atoms with Crippen LogP contribution in [0.2, 0.25) is 0 Å². The molecule has 44 heavy (non-hydrogen) atoms. The van der Waals surface area contributed by atoms with E-state index in [1.54, 1.807) is 0 Å². The summed E-state index contributed by atoms with van der Waals surface area (Å²) in [6.45, 7) is 0.